The van der Waals surface area contributed by atoms with E-state index in [2.05, 4.69) is 0 Å². The van der Waals surface area contributed by atoms with Crippen molar-refractivity contribution in [1.29, 1.82) is 0 Å². The molecule has 82 valence electrons. The van der Waals surface area contributed by atoms with Gasteiger partial charge in [0.15, 0.2) is 4.93 Å². The predicted molar refractivity (Wildman–Crippen MR) is 51.1 cm³/mol. The van der Waals surface area contributed by atoms with Gasteiger partial charge in [-0.15, -0.1) is 0 Å². The number of rotatable bonds is 3. The SMILES string of the molecule is CCC(O)(C1C2CCCC21)S(=O)(=O)O. The summed E-state index contributed by atoms with van der Waals surface area (Å²) in [5.74, 6) is 0.417. The first-order valence-electron chi connectivity index (χ1n) is 5.11. The quantitative estimate of drug-likeness (QED) is 0.696. The van der Waals surface area contributed by atoms with E-state index in [1.807, 2.05) is 0 Å². The lowest BCUT2D eigenvalue weighted by atomic mass is 10.0. The van der Waals surface area contributed by atoms with Crippen LogP contribution < -0.4 is 0 Å². The Hall–Kier alpha value is -0.130. The van der Waals surface area contributed by atoms with Crippen molar-refractivity contribution in [3.05, 3.63) is 0 Å². The molecule has 0 amide bonds. The fraction of sp³-hybridized carbons (Fsp3) is 1.00. The molecule has 14 heavy (non-hydrogen) atoms. The van der Waals surface area contributed by atoms with E-state index in [1.54, 1.807) is 6.92 Å². The highest BCUT2D eigenvalue weighted by molar-refractivity contribution is 7.87. The average Bonchev–Trinajstić information content (AvgIpc) is 2.57. The van der Waals surface area contributed by atoms with Crippen molar-refractivity contribution < 1.29 is 18.1 Å². The summed E-state index contributed by atoms with van der Waals surface area (Å²) in [4.78, 5) is -1.89. The molecule has 2 fully saturated rings. The van der Waals surface area contributed by atoms with Gasteiger partial charge in [-0.05, 0) is 31.1 Å². The minimum atomic E-state index is -4.34. The lowest BCUT2D eigenvalue weighted by Crippen LogP contribution is -2.41. The van der Waals surface area contributed by atoms with Crippen molar-refractivity contribution in [3.63, 3.8) is 0 Å². The Morgan fingerprint density at radius 1 is 1.36 bits per heavy atom. The van der Waals surface area contributed by atoms with E-state index in [1.165, 1.54) is 0 Å². The lowest BCUT2D eigenvalue weighted by molar-refractivity contribution is 0.0729. The van der Waals surface area contributed by atoms with Crippen LogP contribution in [0.25, 0.3) is 0 Å². The van der Waals surface area contributed by atoms with Crippen molar-refractivity contribution in [1.82, 2.24) is 0 Å². The van der Waals surface area contributed by atoms with Gasteiger partial charge in [0.05, 0.1) is 0 Å². The molecule has 2 aliphatic rings. The molecule has 0 radical (unpaired) electrons. The maximum absolute atomic E-state index is 11.1. The van der Waals surface area contributed by atoms with Crippen molar-refractivity contribution in [3.8, 4) is 0 Å². The van der Waals surface area contributed by atoms with Gasteiger partial charge in [-0.3, -0.25) is 4.55 Å². The van der Waals surface area contributed by atoms with Gasteiger partial charge in [0, 0.05) is 5.92 Å². The predicted octanol–water partition coefficient (Wildman–Crippen LogP) is 1.02. The number of hydrogen-bond donors (Lipinski definition) is 2. The molecule has 0 bridgehead atoms. The smallest absolute Gasteiger partial charge is 0.295 e. The Kier molecular flexibility index (Phi) is 2.18. The van der Waals surface area contributed by atoms with E-state index < -0.39 is 15.1 Å². The minimum Gasteiger partial charge on any atom is -0.372 e. The van der Waals surface area contributed by atoms with Gasteiger partial charge < -0.3 is 5.11 Å². The largest absolute Gasteiger partial charge is 0.372 e. The second-order valence-electron chi connectivity index (χ2n) is 4.46. The zero-order chi connectivity index (χ0) is 10.6. The molecule has 0 spiro atoms. The molecule has 2 saturated carbocycles. The van der Waals surface area contributed by atoms with Gasteiger partial charge in [0.1, 0.15) is 0 Å². The first-order chi connectivity index (χ1) is 6.42. The van der Waals surface area contributed by atoms with Crippen LogP contribution in [0.15, 0.2) is 0 Å². The molecule has 4 nitrogen and oxygen atoms in total. The van der Waals surface area contributed by atoms with Gasteiger partial charge in [0.2, 0.25) is 0 Å². The highest BCUT2D eigenvalue weighted by Gasteiger charge is 2.65. The van der Waals surface area contributed by atoms with E-state index in [0.717, 1.165) is 19.3 Å². The van der Waals surface area contributed by atoms with Crippen LogP contribution in [0, 0.1) is 17.8 Å². The van der Waals surface area contributed by atoms with Crippen LogP contribution in [0.5, 0.6) is 0 Å². The van der Waals surface area contributed by atoms with E-state index in [0.29, 0.717) is 11.8 Å². The van der Waals surface area contributed by atoms with Crippen molar-refractivity contribution in [2.24, 2.45) is 17.8 Å². The van der Waals surface area contributed by atoms with Crippen molar-refractivity contribution >= 4 is 10.1 Å². The molecule has 2 rings (SSSR count). The van der Waals surface area contributed by atoms with Crippen molar-refractivity contribution in [2.45, 2.75) is 37.5 Å². The van der Waals surface area contributed by atoms with Crippen LogP contribution in [-0.2, 0) is 10.1 Å². The molecule has 5 heteroatoms. The summed E-state index contributed by atoms with van der Waals surface area (Å²) in [6, 6.07) is 0. The topological polar surface area (TPSA) is 74.6 Å². The Morgan fingerprint density at radius 2 is 1.86 bits per heavy atom. The van der Waals surface area contributed by atoms with Gasteiger partial charge in [-0.25, -0.2) is 0 Å². The average molecular weight is 220 g/mol. The second-order valence-corrected chi connectivity index (χ2v) is 6.11. The van der Waals surface area contributed by atoms with Crippen LogP contribution >= 0.6 is 0 Å². The summed E-state index contributed by atoms with van der Waals surface area (Å²) in [5, 5.41) is 9.96. The van der Waals surface area contributed by atoms with Crippen LogP contribution in [-0.4, -0.2) is 23.0 Å². The number of aliphatic hydroxyl groups is 1. The third-order valence-corrected chi connectivity index (χ3v) is 5.33. The molecule has 2 N–H and O–H groups in total. The molecule has 2 aliphatic carbocycles. The Labute approximate surface area is 84.1 Å². The van der Waals surface area contributed by atoms with Crippen LogP contribution in [0.3, 0.4) is 0 Å². The van der Waals surface area contributed by atoms with Gasteiger partial charge in [0.25, 0.3) is 10.1 Å². The summed E-state index contributed by atoms with van der Waals surface area (Å²) < 4.78 is 31.2. The van der Waals surface area contributed by atoms with Gasteiger partial charge in [-0.1, -0.05) is 13.3 Å². The molecule has 0 aromatic carbocycles. The molecule has 0 saturated heterocycles. The summed E-state index contributed by atoms with van der Waals surface area (Å²) in [6.07, 6.45) is 3.18. The van der Waals surface area contributed by atoms with Gasteiger partial charge >= 0.3 is 0 Å². The van der Waals surface area contributed by atoms with Gasteiger partial charge in [-0.2, -0.15) is 8.42 Å². The summed E-state index contributed by atoms with van der Waals surface area (Å²) in [7, 11) is -4.34. The molecule has 3 unspecified atom stereocenters. The highest BCUT2D eigenvalue weighted by atomic mass is 32.2. The molecule has 0 aromatic rings. The van der Waals surface area contributed by atoms with Crippen LogP contribution in [0.2, 0.25) is 0 Å². The molecular formula is C9H16O4S. The Morgan fingerprint density at radius 3 is 2.21 bits per heavy atom. The van der Waals surface area contributed by atoms with Crippen molar-refractivity contribution in [2.75, 3.05) is 0 Å². The number of hydrogen-bond acceptors (Lipinski definition) is 3. The van der Waals surface area contributed by atoms with E-state index in [-0.39, 0.29) is 12.3 Å². The normalized spacial score (nSPS) is 40.4. The zero-order valence-corrected chi connectivity index (χ0v) is 9.00. The second kappa shape index (κ2) is 2.93. The first-order valence-corrected chi connectivity index (χ1v) is 6.55. The molecule has 3 atom stereocenters. The molecular weight excluding hydrogens is 204 g/mol. The third-order valence-electron chi connectivity index (χ3n) is 3.88. The van der Waals surface area contributed by atoms with E-state index in [9.17, 15) is 13.5 Å². The molecule has 0 aromatic heterocycles. The summed E-state index contributed by atoms with van der Waals surface area (Å²) in [5.41, 5.74) is 0. The number of fused-ring (bicyclic) bond motifs is 1. The third kappa shape index (κ3) is 1.22. The fourth-order valence-corrected chi connectivity index (χ4v) is 4.14. The molecule has 0 aliphatic heterocycles. The Balaban J connectivity index is 2.23. The first kappa shape index (κ1) is 10.4. The maximum atomic E-state index is 11.1. The monoisotopic (exact) mass is 220 g/mol. The standard InChI is InChI=1S/C9H16O4S/c1-2-9(10,14(11,12)13)8-6-4-3-5-7(6)8/h6-8,10H,2-5H2,1H3,(H,11,12,13). The fourth-order valence-electron chi connectivity index (χ4n) is 3.08. The Bertz CT molecular complexity index is 327. The van der Waals surface area contributed by atoms with Crippen LogP contribution in [0.1, 0.15) is 32.6 Å². The highest BCUT2D eigenvalue weighted by Crippen LogP contribution is 2.63. The van der Waals surface area contributed by atoms with E-state index in [4.69, 9.17) is 4.55 Å². The van der Waals surface area contributed by atoms with Crippen LogP contribution in [0.4, 0.5) is 0 Å². The maximum Gasteiger partial charge on any atom is 0.295 e. The lowest BCUT2D eigenvalue weighted by Gasteiger charge is -2.24. The minimum absolute atomic E-state index is 0.0729. The summed E-state index contributed by atoms with van der Waals surface area (Å²) >= 11 is 0. The zero-order valence-electron chi connectivity index (χ0n) is 8.18. The molecule has 0 heterocycles. The van der Waals surface area contributed by atoms with E-state index >= 15 is 0 Å². The summed E-state index contributed by atoms with van der Waals surface area (Å²) in [6.45, 7) is 1.60.